The van der Waals surface area contributed by atoms with Crippen LogP contribution in [0.1, 0.15) is 23.1 Å². The molecule has 1 heterocycles. The monoisotopic (exact) mass is 357 g/mol. The molecular weight excluding hydrogens is 338 g/mol. The second-order valence-electron chi connectivity index (χ2n) is 5.92. The summed E-state index contributed by atoms with van der Waals surface area (Å²) in [6.07, 6.45) is 4.14. The predicted molar refractivity (Wildman–Crippen MR) is 99.1 cm³/mol. The van der Waals surface area contributed by atoms with Crippen molar-refractivity contribution in [3.63, 3.8) is 0 Å². The fourth-order valence-electron chi connectivity index (χ4n) is 2.58. The molecule has 4 nitrogen and oxygen atoms in total. The molecule has 3 rings (SSSR count). The quantitative estimate of drug-likeness (QED) is 0.836. The number of ether oxygens (including phenoxy) is 2. The van der Waals surface area contributed by atoms with Gasteiger partial charge in [0.1, 0.15) is 0 Å². The number of aryl methyl sites for hydroxylation is 1. The molecular formula is C20H20ClNO3. The highest BCUT2D eigenvalue weighted by molar-refractivity contribution is 6.32. The maximum atomic E-state index is 12.0. The Morgan fingerprint density at radius 3 is 2.92 bits per heavy atom. The normalized spacial score (nSPS) is 13.5. The number of rotatable bonds is 4. The SMILES string of the molecule is Cc1cccc(/C=C/C(=O)NCc2cc(Cl)c3c(c2)OCCCO3)c1. The zero-order chi connectivity index (χ0) is 17.6. The molecule has 0 saturated carbocycles. The summed E-state index contributed by atoms with van der Waals surface area (Å²) < 4.78 is 11.3. The van der Waals surface area contributed by atoms with Crippen molar-refractivity contribution in [2.75, 3.05) is 13.2 Å². The van der Waals surface area contributed by atoms with Crippen molar-refractivity contribution in [1.29, 1.82) is 0 Å². The lowest BCUT2D eigenvalue weighted by Crippen LogP contribution is -2.20. The van der Waals surface area contributed by atoms with Gasteiger partial charge >= 0.3 is 0 Å². The molecule has 0 unspecified atom stereocenters. The third kappa shape index (κ3) is 4.77. The van der Waals surface area contributed by atoms with Crippen molar-refractivity contribution >= 4 is 23.6 Å². The summed E-state index contributed by atoms with van der Waals surface area (Å²) >= 11 is 6.26. The standard InChI is InChI=1S/C20H20ClNO3/c1-14-4-2-5-15(10-14)6-7-19(23)22-13-16-11-17(21)20-18(12-16)24-8-3-9-25-20/h2,4-7,10-12H,3,8-9,13H2,1H3,(H,22,23)/b7-6+. The summed E-state index contributed by atoms with van der Waals surface area (Å²) in [4.78, 5) is 12.0. The highest BCUT2D eigenvalue weighted by Crippen LogP contribution is 2.37. The molecule has 0 saturated heterocycles. The highest BCUT2D eigenvalue weighted by Gasteiger charge is 2.15. The van der Waals surface area contributed by atoms with Crippen LogP contribution in [0, 0.1) is 6.92 Å². The molecule has 2 aromatic rings. The van der Waals surface area contributed by atoms with Gasteiger partial charge in [-0.1, -0.05) is 41.4 Å². The molecule has 1 aliphatic rings. The van der Waals surface area contributed by atoms with Crippen LogP contribution in [0.4, 0.5) is 0 Å². The minimum absolute atomic E-state index is 0.162. The van der Waals surface area contributed by atoms with Crippen molar-refractivity contribution in [2.24, 2.45) is 0 Å². The van der Waals surface area contributed by atoms with E-state index in [2.05, 4.69) is 5.32 Å². The first kappa shape index (κ1) is 17.4. The van der Waals surface area contributed by atoms with Crippen LogP contribution in [0.3, 0.4) is 0 Å². The number of halogens is 1. The van der Waals surface area contributed by atoms with Gasteiger partial charge in [-0.25, -0.2) is 0 Å². The number of carbonyl (C=O) groups is 1. The number of carbonyl (C=O) groups excluding carboxylic acids is 1. The molecule has 1 aliphatic heterocycles. The van der Waals surface area contributed by atoms with E-state index in [9.17, 15) is 4.79 Å². The fourth-order valence-corrected chi connectivity index (χ4v) is 2.87. The van der Waals surface area contributed by atoms with Gasteiger partial charge in [-0.3, -0.25) is 4.79 Å². The molecule has 25 heavy (non-hydrogen) atoms. The van der Waals surface area contributed by atoms with Crippen molar-refractivity contribution < 1.29 is 14.3 Å². The number of hydrogen-bond acceptors (Lipinski definition) is 3. The molecule has 130 valence electrons. The van der Waals surface area contributed by atoms with Gasteiger partial charge in [-0.05, 0) is 36.3 Å². The second-order valence-corrected chi connectivity index (χ2v) is 6.33. The molecule has 1 amide bonds. The predicted octanol–water partition coefficient (Wildman–Crippen LogP) is 4.14. The first-order chi connectivity index (χ1) is 12.1. The Morgan fingerprint density at radius 1 is 1.24 bits per heavy atom. The first-order valence-corrected chi connectivity index (χ1v) is 8.60. The molecule has 0 radical (unpaired) electrons. The minimum Gasteiger partial charge on any atom is -0.489 e. The van der Waals surface area contributed by atoms with Gasteiger partial charge in [0.15, 0.2) is 11.5 Å². The Kier molecular flexibility index (Phi) is 5.61. The number of amides is 1. The summed E-state index contributed by atoms with van der Waals surface area (Å²) in [5, 5.41) is 3.35. The zero-order valence-electron chi connectivity index (χ0n) is 14.0. The molecule has 0 fully saturated rings. The van der Waals surface area contributed by atoms with Crippen LogP contribution in [0.25, 0.3) is 6.08 Å². The van der Waals surface area contributed by atoms with E-state index in [4.69, 9.17) is 21.1 Å². The lowest BCUT2D eigenvalue weighted by molar-refractivity contribution is -0.116. The van der Waals surface area contributed by atoms with E-state index in [1.807, 2.05) is 37.3 Å². The molecule has 5 heteroatoms. The largest absolute Gasteiger partial charge is 0.489 e. The third-order valence-electron chi connectivity index (χ3n) is 3.80. The van der Waals surface area contributed by atoms with E-state index in [0.717, 1.165) is 23.1 Å². The molecule has 1 N–H and O–H groups in total. The van der Waals surface area contributed by atoms with E-state index < -0.39 is 0 Å². The molecule has 0 aromatic heterocycles. The first-order valence-electron chi connectivity index (χ1n) is 8.22. The van der Waals surface area contributed by atoms with Gasteiger partial charge in [0.05, 0.1) is 18.2 Å². The van der Waals surface area contributed by atoms with Gasteiger partial charge in [-0.15, -0.1) is 0 Å². The average Bonchev–Trinajstić information content (AvgIpc) is 2.84. The van der Waals surface area contributed by atoms with Crippen LogP contribution in [0.15, 0.2) is 42.5 Å². The smallest absolute Gasteiger partial charge is 0.244 e. The minimum atomic E-state index is -0.162. The number of hydrogen-bond donors (Lipinski definition) is 1. The van der Waals surface area contributed by atoms with Crippen molar-refractivity contribution in [2.45, 2.75) is 19.9 Å². The fraction of sp³-hybridized carbons (Fsp3) is 0.250. The van der Waals surface area contributed by atoms with E-state index in [0.29, 0.717) is 36.3 Å². The molecule has 0 aliphatic carbocycles. The van der Waals surface area contributed by atoms with Crippen molar-refractivity contribution in [1.82, 2.24) is 5.32 Å². The lowest BCUT2D eigenvalue weighted by atomic mass is 10.1. The molecule has 2 aromatic carbocycles. The van der Waals surface area contributed by atoms with E-state index in [-0.39, 0.29) is 5.91 Å². The Bertz CT molecular complexity index is 802. The average molecular weight is 358 g/mol. The number of fused-ring (bicyclic) bond motifs is 1. The summed E-state index contributed by atoms with van der Waals surface area (Å²) in [7, 11) is 0. The Labute approximate surface area is 152 Å². The molecule has 0 atom stereocenters. The van der Waals surface area contributed by atoms with Gasteiger partial charge in [0.25, 0.3) is 0 Å². The van der Waals surface area contributed by atoms with Crippen LogP contribution >= 0.6 is 11.6 Å². The topological polar surface area (TPSA) is 47.6 Å². The van der Waals surface area contributed by atoms with E-state index in [1.165, 1.54) is 6.08 Å². The van der Waals surface area contributed by atoms with E-state index in [1.54, 1.807) is 12.1 Å². The summed E-state index contributed by atoms with van der Waals surface area (Å²) in [6.45, 7) is 3.57. The van der Waals surface area contributed by atoms with Gasteiger partial charge in [0, 0.05) is 19.0 Å². The maximum Gasteiger partial charge on any atom is 0.244 e. The maximum absolute atomic E-state index is 12.0. The van der Waals surface area contributed by atoms with E-state index >= 15 is 0 Å². The zero-order valence-corrected chi connectivity index (χ0v) is 14.8. The lowest BCUT2D eigenvalue weighted by Gasteiger charge is -2.11. The summed E-state index contributed by atoms with van der Waals surface area (Å²) in [6, 6.07) is 11.6. The van der Waals surface area contributed by atoms with Crippen LogP contribution in [-0.2, 0) is 11.3 Å². The van der Waals surface area contributed by atoms with Crippen LogP contribution < -0.4 is 14.8 Å². The van der Waals surface area contributed by atoms with Gasteiger partial charge < -0.3 is 14.8 Å². The third-order valence-corrected chi connectivity index (χ3v) is 4.08. The summed E-state index contributed by atoms with van der Waals surface area (Å²) in [5.74, 6) is 1.04. The second kappa shape index (κ2) is 8.08. The Morgan fingerprint density at radius 2 is 2.08 bits per heavy atom. The molecule has 0 bridgehead atoms. The highest BCUT2D eigenvalue weighted by atomic mass is 35.5. The number of nitrogens with one attached hydrogen (secondary N) is 1. The number of benzene rings is 2. The summed E-state index contributed by atoms with van der Waals surface area (Å²) in [5.41, 5.74) is 3.02. The Balaban J connectivity index is 1.62. The Hall–Kier alpha value is -2.46. The molecule has 0 spiro atoms. The van der Waals surface area contributed by atoms with Crippen LogP contribution in [0.2, 0.25) is 5.02 Å². The van der Waals surface area contributed by atoms with Crippen molar-refractivity contribution in [3.8, 4) is 11.5 Å². The van der Waals surface area contributed by atoms with Gasteiger partial charge in [0.2, 0.25) is 5.91 Å². The van der Waals surface area contributed by atoms with Crippen LogP contribution in [-0.4, -0.2) is 19.1 Å². The van der Waals surface area contributed by atoms with Gasteiger partial charge in [-0.2, -0.15) is 0 Å². The van der Waals surface area contributed by atoms with Crippen molar-refractivity contribution in [3.05, 3.63) is 64.2 Å². The van der Waals surface area contributed by atoms with Crippen LogP contribution in [0.5, 0.6) is 11.5 Å².